The van der Waals surface area contributed by atoms with Gasteiger partial charge in [0.1, 0.15) is 0 Å². The maximum Gasteiger partial charge on any atom is 0.527 e. The van der Waals surface area contributed by atoms with Crippen LogP contribution in [-0.2, 0) is 19.6 Å². The van der Waals surface area contributed by atoms with Crippen molar-refractivity contribution in [3.8, 4) is 0 Å². The second-order valence-electron chi connectivity index (χ2n) is 3.17. The summed E-state index contributed by atoms with van der Waals surface area (Å²) in [6.07, 6.45) is -27.7. The summed E-state index contributed by atoms with van der Waals surface area (Å²) in [5.74, 6) is 0. The van der Waals surface area contributed by atoms with Crippen molar-refractivity contribution in [1.82, 2.24) is 0 Å². The van der Waals surface area contributed by atoms with Crippen LogP contribution >= 0.6 is 0 Å². The van der Waals surface area contributed by atoms with Gasteiger partial charge in [0.2, 0.25) is 0 Å². The molecule has 22 heavy (non-hydrogen) atoms. The fourth-order valence-corrected chi connectivity index (χ4v) is 0.963. The van der Waals surface area contributed by atoms with Crippen LogP contribution in [0.5, 0.6) is 0 Å². The molecule has 0 aromatic carbocycles. The first-order valence-corrected chi connectivity index (χ1v) is 5.51. The molecule has 0 radical (unpaired) electrons. The lowest BCUT2D eigenvalue weighted by molar-refractivity contribution is -0.537. The molecule has 17 heteroatoms. The molecular weight excluding hydrogens is 381 g/mol. The van der Waals surface area contributed by atoms with Gasteiger partial charge in [0.25, 0.3) is 0 Å². The minimum absolute atomic E-state index is 1.42. The average molecular weight is 381 g/mol. The highest BCUT2D eigenvalue weighted by Gasteiger charge is 2.74. The summed E-state index contributed by atoms with van der Waals surface area (Å²) in [4.78, 5) is 0. The minimum Gasteiger partial charge on any atom is -0.743 e. The average Bonchev–Trinajstić information content (AvgIpc) is 2.08. The van der Waals surface area contributed by atoms with Crippen LogP contribution in [-0.4, -0.2) is 42.9 Å². The Labute approximate surface area is 112 Å². The normalized spacial score (nSPS) is 16.0. The number of ether oxygens (including phenoxy) is 2. The molecule has 0 spiro atoms. The predicted molar refractivity (Wildman–Crippen MR) is 37.7 cm³/mol. The van der Waals surface area contributed by atoms with Crippen molar-refractivity contribution in [2.45, 2.75) is 29.9 Å². The molecule has 0 aliphatic heterocycles. The van der Waals surface area contributed by atoms with Gasteiger partial charge in [-0.3, -0.25) is 0 Å². The smallest absolute Gasteiger partial charge is 0.527 e. The van der Waals surface area contributed by atoms with Crippen LogP contribution in [0.15, 0.2) is 0 Å². The Morgan fingerprint density at radius 2 is 0.955 bits per heavy atom. The third kappa shape index (κ3) is 4.29. The van der Waals surface area contributed by atoms with Gasteiger partial charge < -0.3 is 4.55 Å². The maximum absolute atomic E-state index is 12.5. The summed E-state index contributed by atoms with van der Waals surface area (Å²) in [6.45, 7) is 0. The first-order chi connectivity index (χ1) is 9.16. The van der Waals surface area contributed by atoms with Gasteiger partial charge in [-0.2, -0.15) is 35.1 Å². The van der Waals surface area contributed by atoms with Gasteiger partial charge >= 0.3 is 29.9 Å². The molecule has 5 nitrogen and oxygen atoms in total. The van der Waals surface area contributed by atoms with Gasteiger partial charge in [-0.05, 0) is 0 Å². The Morgan fingerprint density at radius 1 is 0.636 bits per heavy atom. The number of hydrogen-bond donors (Lipinski definition) is 0. The van der Waals surface area contributed by atoms with Gasteiger partial charge in [-0.25, -0.2) is 17.9 Å². The van der Waals surface area contributed by atoms with Crippen molar-refractivity contribution in [2.24, 2.45) is 0 Å². The van der Waals surface area contributed by atoms with E-state index < -0.39 is 40.1 Å². The molecule has 0 unspecified atom stereocenters. The lowest BCUT2D eigenvalue weighted by Gasteiger charge is -2.33. The van der Waals surface area contributed by atoms with E-state index in [1.165, 1.54) is 9.47 Å². The Kier molecular flexibility index (Phi) is 5.08. The monoisotopic (exact) mass is 381 g/mol. The van der Waals surface area contributed by atoms with Crippen molar-refractivity contribution >= 4 is 10.1 Å². The molecule has 0 aliphatic carbocycles. The van der Waals surface area contributed by atoms with Crippen molar-refractivity contribution in [3.63, 3.8) is 0 Å². The van der Waals surface area contributed by atoms with E-state index in [4.69, 9.17) is 0 Å². The van der Waals surface area contributed by atoms with Crippen LogP contribution in [0.1, 0.15) is 0 Å². The molecule has 0 rings (SSSR count). The zero-order valence-electron chi connectivity index (χ0n) is 9.11. The molecule has 0 aromatic rings. The lowest BCUT2D eigenvalue weighted by Crippen LogP contribution is -2.57. The molecule has 0 atom stereocenters. The van der Waals surface area contributed by atoms with Crippen LogP contribution in [0, 0.1) is 0 Å². The number of halogens is 11. The summed E-state index contributed by atoms with van der Waals surface area (Å²) >= 11 is 0. The van der Waals surface area contributed by atoms with E-state index in [1.54, 1.807) is 0 Å². The first-order valence-electron chi connectivity index (χ1n) is 4.10. The molecule has 0 amide bonds. The predicted octanol–water partition coefficient (Wildman–Crippen LogP) is 2.46. The van der Waals surface area contributed by atoms with E-state index in [2.05, 4.69) is 0 Å². The third-order valence-electron chi connectivity index (χ3n) is 1.49. The van der Waals surface area contributed by atoms with Crippen molar-refractivity contribution in [3.05, 3.63) is 0 Å². The summed E-state index contributed by atoms with van der Waals surface area (Å²) in [6, 6.07) is 0. The fourth-order valence-electron chi connectivity index (χ4n) is 0.630. The highest BCUT2D eigenvalue weighted by Crippen LogP contribution is 2.48. The second kappa shape index (κ2) is 5.31. The van der Waals surface area contributed by atoms with Gasteiger partial charge in [0.05, 0.1) is 0 Å². The minimum atomic E-state index is -7.41. The van der Waals surface area contributed by atoms with Crippen LogP contribution in [0.25, 0.3) is 0 Å². The molecule has 0 bridgehead atoms. The SMILES string of the molecule is O=S(=O)([O-])C(F)(F)C(F)(F)OC(F)(F)C(F)(F)OC(F)(F)F. The van der Waals surface area contributed by atoms with E-state index in [9.17, 15) is 61.3 Å². The molecule has 134 valence electrons. The summed E-state index contributed by atoms with van der Waals surface area (Å²) in [5.41, 5.74) is 0. The lowest BCUT2D eigenvalue weighted by atomic mass is 10.5. The zero-order valence-corrected chi connectivity index (χ0v) is 9.92. The Morgan fingerprint density at radius 3 is 1.23 bits per heavy atom. The van der Waals surface area contributed by atoms with Crippen LogP contribution in [0.2, 0.25) is 0 Å². The molecule has 0 N–H and O–H groups in total. The van der Waals surface area contributed by atoms with E-state index in [-0.39, 0.29) is 0 Å². The standard InChI is InChI=1S/C5HF11O5S/c6-1(7,2(8,9)21-5(14,15)16)20-3(10,11)4(12,13)22(17,18)19/h(H,17,18,19)/p-1. The van der Waals surface area contributed by atoms with Crippen molar-refractivity contribution in [1.29, 1.82) is 0 Å². The zero-order chi connectivity index (χ0) is 18.4. The van der Waals surface area contributed by atoms with Gasteiger partial charge in [0.15, 0.2) is 10.1 Å². The Balaban J connectivity index is 5.61. The quantitative estimate of drug-likeness (QED) is 0.522. The van der Waals surface area contributed by atoms with E-state index >= 15 is 0 Å². The van der Waals surface area contributed by atoms with Gasteiger partial charge in [0, 0.05) is 0 Å². The van der Waals surface area contributed by atoms with Crippen LogP contribution < -0.4 is 0 Å². The topological polar surface area (TPSA) is 75.7 Å². The van der Waals surface area contributed by atoms with Crippen LogP contribution in [0.3, 0.4) is 0 Å². The summed E-state index contributed by atoms with van der Waals surface area (Å²) < 4.78 is 165. The van der Waals surface area contributed by atoms with E-state index in [0.29, 0.717) is 0 Å². The molecular formula is C5F11O5S-. The summed E-state index contributed by atoms with van der Waals surface area (Å²) in [5, 5.41) is -7.00. The highest BCUT2D eigenvalue weighted by molar-refractivity contribution is 7.86. The van der Waals surface area contributed by atoms with Gasteiger partial charge in [-0.15, -0.1) is 13.2 Å². The Bertz CT molecular complexity index is 507. The second-order valence-corrected chi connectivity index (χ2v) is 4.59. The number of alkyl halides is 11. The molecule has 0 saturated carbocycles. The van der Waals surface area contributed by atoms with Crippen molar-refractivity contribution < 1.29 is 70.7 Å². The first kappa shape index (κ1) is 21.1. The maximum atomic E-state index is 12.5. The highest BCUT2D eigenvalue weighted by atomic mass is 32.2. The third-order valence-corrected chi connectivity index (χ3v) is 2.36. The molecule has 0 fully saturated rings. The summed E-state index contributed by atoms with van der Waals surface area (Å²) in [7, 11) is -7.41. The molecule has 0 aromatic heterocycles. The fraction of sp³-hybridized carbons (Fsp3) is 1.00. The molecule has 0 saturated heterocycles. The largest absolute Gasteiger partial charge is 0.743 e. The van der Waals surface area contributed by atoms with Crippen molar-refractivity contribution in [2.75, 3.05) is 0 Å². The molecule has 0 heterocycles. The van der Waals surface area contributed by atoms with E-state index in [0.717, 1.165) is 0 Å². The van der Waals surface area contributed by atoms with Gasteiger partial charge in [-0.1, -0.05) is 0 Å². The van der Waals surface area contributed by atoms with Crippen LogP contribution in [0.4, 0.5) is 48.3 Å². The molecule has 0 aliphatic rings. The number of rotatable bonds is 6. The van der Waals surface area contributed by atoms with E-state index in [1.807, 2.05) is 0 Å². The number of hydrogen-bond acceptors (Lipinski definition) is 5. The Hall–Kier alpha value is -0.940.